The third kappa shape index (κ3) is 5.08. The van der Waals surface area contributed by atoms with Gasteiger partial charge in [0, 0.05) is 32.7 Å². The molecule has 1 aromatic rings. The largest absolute Gasteiger partial charge is 0.450 e. The van der Waals surface area contributed by atoms with E-state index in [0.717, 1.165) is 38.4 Å². The molecule has 2 heterocycles. The van der Waals surface area contributed by atoms with Gasteiger partial charge in [-0.2, -0.15) is 0 Å². The second kappa shape index (κ2) is 8.26. The number of amides is 1. The molecule has 120 valence electrons. The third-order valence-corrected chi connectivity index (χ3v) is 3.87. The van der Waals surface area contributed by atoms with Crippen LogP contribution in [0.25, 0.3) is 0 Å². The number of alkyl carbamates (subject to hydrolysis) is 1. The molecule has 1 amide bonds. The lowest BCUT2D eigenvalue weighted by atomic mass is 10.3. The quantitative estimate of drug-likeness (QED) is 0.668. The SMILES string of the molecule is CCOC(=O)NC(=S)N1CCN(Cc2cccc(Cl)n2)CC1. The number of thiocarbonyl (C=S) groups is 1. The van der Waals surface area contributed by atoms with Crippen molar-refractivity contribution < 1.29 is 9.53 Å². The number of nitrogens with zero attached hydrogens (tertiary/aromatic N) is 3. The summed E-state index contributed by atoms with van der Waals surface area (Å²) in [5, 5.41) is 3.50. The van der Waals surface area contributed by atoms with Crippen LogP contribution in [-0.4, -0.2) is 58.8 Å². The van der Waals surface area contributed by atoms with Crippen molar-refractivity contribution >= 4 is 35.0 Å². The monoisotopic (exact) mass is 342 g/mol. The van der Waals surface area contributed by atoms with E-state index in [4.69, 9.17) is 28.6 Å². The smallest absolute Gasteiger partial charge is 0.413 e. The van der Waals surface area contributed by atoms with E-state index >= 15 is 0 Å². The van der Waals surface area contributed by atoms with Crippen LogP contribution in [0.1, 0.15) is 12.6 Å². The molecular formula is C14H19ClN4O2S. The molecule has 1 aliphatic rings. The molecular weight excluding hydrogens is 324 g/mol. The van der Waals surface area contributed by atoms with Gasteiger partial charge in [-0.05, 0) is 31.3 Å². The molecule has 0 unspecified atom stereocenters. The number of ether oxygens (including phenoxy) is 1. The fraction of sp³-hybridized carbons (Fsp3) is 0.500. The normalized spacial score (nSPS) is 15.5. The topological polar surface area (TPSA) is 57.7 Å². The summed E-state index contributed by atoms with van der Waals surface area (Å²) >= 11 is 11.1. The Balaban J connectivity index is 1.78. The summed E-state index contributed by atoms with van der Waals surface area (Å²) in [5.41, 5.74) is 0.952. The summed E-state index contributed by atoms with van der Waals surface area (Å²) in [6, 6.07) is 5.63. The van der Waals surface area contributed by atoms with Gasteiger partial charge in [0.1, 0.15) is 5.15 Å². The summed E-state index contributed by atoms with van der Waals surface area (Å²) in [6.45, 7) is 6.04. The lowest BCUT2D eigenvalue weighted by molar-refractivity contribution is 0.152. The predicted molar refractivity (Wildman–Crippen MR) is 88.9 cm³/mol. The number of carbonyl (C=O) groups is 1. The Morgan fingerprint density at radius 1 is 1.41 bits per heavy atom. The maximum absolute atomic E-state index is 11.4. The third-order valence-electron chi connectivity index (χ3n) is 3.30. The molecule has 2 rings (SSSR count). The van der Waals surface area contributed by atoms with Gasteiger partial charge in [-0.1, -0.05) is 17.7 Å². The predicted octanol–water partition coefficient (Wildman–Crippen LogP) is 1.88. The number of hydrogen-bond acceptors (Lipinski definition) is 5. The van der Waals surface area contributed by atoms with Crippen molar-refractivity contribution in [3.05, 3.63) is 29.0 Å². The summed E-state index contributed by atoms with van der Waals surface area (Å²) in [4.78, 5) is 19.9. The molecule has 1 N–H and O–H groups in total. The number of pyridine rings is 1. The molecule has 0 spiro atoms. The number of aromatic nitrogens is 1. The van der Waals surface area contributed by atoms with Crippen molar-refractivity contribution in [2.24, 2.45) is 0 Å². The molecule has 0 saturated carbocycles. The van der Waals surface area contributed by atoms with Crippen LogP contribution in [0.2, 0.25) is 5.15 Å². The Morgan fingerprint density at radius 2 is 2.14 bits per heavy atom. The zero-order valence-corrected chi connectivity index (χ0v) is 14.0. The van der Waals surface area contributed by atoms with E-state index in [0.29, 0.717) is 16.9 Å². The van der Waals surface area contributed by atoms with Gasteiger partial charge in [-0.3, -0.25) is 10.2 Å². The lowest BCUT2D eigenvalue weighted by Crippen LogP contribution is -2.52. The number of carbonyl (C=O) groups excluding carboxylic acids is 1. The molecule has 0 bridgehead atoms. The Morgan fingerprint density at radius 3 is 2.77 bits per heavy atom. The van der Waals surface area contributed by atoms with E-state index in [1.54, 1.807) is 13.0 Å². The van der Waals surface area contributed by atoms with E-state index in [9.17, 15) is 4.79 Å². The van der Waals surface area contributed by atoms with Crippen molar-refractivity contribution in [3.63, 3.8) is 0 Å². The van der Waals surface area contributed by atoms with Gasteiger partial charge >= 0.3 is 6.09 Å². The molecule has 0 aromatic carbocycles. The van der Waals surface area contributed by atoms with Crippen molar-refractivity contribution in [1.82, 2.24) is 20.1 Å². The van der Waals surface area contributed by atoms with Gasteiger partial charge < -0.3 is 9.64 Å². The Kier molecular flexibility index (Phi) is 6.35. The maximum atomic E-state index is 11.4. The van der Waals surface area contributed by atoms with Gasteiger partial charge in [0.05, 0.1) is 12.3 Å². The lowest BCUT2D eigenvalue weighted by Gasteiger charge is -2.35. The van der Waals surface area contributed by atoms with E-state index in [2.05, 4.69) is 15.2 Å². The molecule has 1 aromatic heterocycles. The van der Waals surface area contributed by atoms with Crippen LogP contribution in [0.4, 0.5) is 4.79 Å². The van der Waals surface area contributed by atoms with Crippen LogP contribution in [0, 0.1) is 0 Å². The van der Waals surface area contributed by atoms with Crippen LogP contribution >= 0.6 is 23.8 Å². The van der Waals surface area contributed by atoms with Crippen LogP contribution in [-0.2, 0) is 11.3 Å². The van der Waals surface area contributed by atoms with E-state index in [1.165, 1.54) is 0 Å². The summed E-state index contributed by atoms with van der Waals surface area (Å²) < 4.78 is 4.82. The first-order valence-corrected chi connectivity index (χ1v) is 7.93. The highest BCUT2D eigenvalue weighted by molar-refractivity contribution is 7.80. The standard InChI is InChI=1S/C14H19ClN4O2S/c1-2-21-14(20)17-13(22)19-8-6-18(7-9-19)10-11-4-3-5-12(15)16-11/h3-5H,2,6-10H2,1H3,(H,17,20,22). The molecule has 6 nitrogen and oxygen atoms in total. The minimum absolute atomic E-state index is 0.328. The van der Waals surface area contributed by atoms with Gasteiger partial charge in [-0.15, -0.1) is 0 Å². The fourth-order valence-electron chi connectivity index (χ4n) is 2.21. The molecule has 0 aliphatic carbocycles. The van der Waals surface area contributed by atoms with Crippen LogP contribution < -0.4 is 5.32 Å². The first kappa shape index (κ1) is 16.9. The Labute approximate surface area is 140 Å². The molecule has 0 radical (unpaired) electrons. The van der Waals surface area contributed by atoms with Crippen molar-refractivity contribution in [1.29, 1.82) is 0 Å². The minimum atomic E-state index is -0.502. The van der Waals surface area contributed by atoms with Gasteiger partial charge in [-0.25, -0.2) is 9.78 Å². The molecule has 1 saturated heterocycles. The van der Waals surface area contributed by atoms with E-state index in [1.807, 2.05) is 17.0 Å². The number of halogens is 1. The zero-order valence-electron chi connectivity index (χ0n) is 12.4. The second-order valence-electron chi connectivity index (χ2n) is 4.87. The summed E-state index contributed by atoms with van der Waals surface area (Å²) in [5.74, 6) is 0. The Bertz CT molecular complexity index is 535. The van der Waals surface area contributed by atoms with Gasteiger partial charge in [0.25, 0.3) is 0 Å². The highest BCUT2D eigenvalue weighted by atomic mass is 35.5. The fourth-order valence-corrected chi connectivity index (χ4v) is 2.66. The van der Waals surface area contributed by atoms with Gasteiger partial charge in [0.2, 0.25) is 0 Å². The summed E-state index contributed by atoms with van der Waals surface area (Å²) in [7, 11) is 0. The van der Waals surface area contributed by atoms with Crippen LogP contribution in [0.3, 0.4) is 0 Å². The average molecular weight is 343 g/mol. The number of piperazine rings is 1. The molecule has 1 fully saturated rings. The van der Waals surface area contributed by atoms with Crippen LogP contribution in [0.5, 0.6) is 0 Å². The molecule has 8 heteroatoms. The minimum Gasteiger partial charge on any atom is -0.450 e. The molecule has 1 aliphatic heterocycles. The zero-order chi connectivity index (χ0) is 15.9. The highest BCUT2D eigenvalue weighted by Crippen LogP contribution is 2.10. The summed E-state index contributed by atoms with van der Waals surface area (Å²) in [6.07, 6.45) is -0.502. The van der Waals surface area contributed by atoms with Gasteiger partial charge in [0.15, 0.2) is 5.11 Å². The molecule has 22 heavy (non-hydrogen) atoms. The first-order valence-electron chi connectivity index (χ1n) is 7.15. The molecule has 0 atom stereocenters. The van der Waals surface area contributed by atoms with E-state index in [-0.39, 0.29) is 0 Å². The first-order chi connectivity index (χ1) is 10.6. The number of rotatable bonds is 3. The average Bonchev–Trinajstić information content (AvgIpc) is 2.48. The maximum Gasteiger partial charge on any atom is 0.413 e. The van der Waals surface area contributed by atoms with Crippen molar-refractivity contribution in [3.8, 4) is 0 Å². The number of nitrogens with one attached hydrogen (secondary N) is 1. The highest BCUT2D eigenvalue weighted by Gasteiger charge is 2.20. The van der Waals surface area contributed by atoms with Crippen LogP contribution in [0.15, 0.2) is 18.2 Å². The van der Waals surface area contributed by atoms with Crippen molar-refractivity contribution in [2.45, 2.75) is 13.5 Å². The Hall–Kier alpha value is -1.44. The second-order valence-corrected chi connectivity index (χ2v) is 5.64. The number of hydrogen-bond donors (Lipinski definition) is 1. The van der Waals surface area contributed by atoms with Crippen molar-refractivity contribution in [2.75, 3.05) is 32.8 Å². The van der Waals surface area contributed by atoms with E-state index < -0.39 is 6.09 Å².